The summed E-state index contributed by atoms with van der Waals surface area (Å²) in [5.74, 6) is -0.872. The summed E-state index contributed by atoms with van der Waals surface area (Å²) in [6, 6.07) is 3.69. The molecule has 2 nitrogen and oxygen atoms in total. The Kier molecular flexibility index (Phi) is 2.71. The summed E-state index contributed by atoms with van der Waals surface area (Å²) in [6.45, 7) is 0. The summed E-state index contributed by atoms with van der Waals surface area (Å²) in [5.41, 5.74) is 0.356. The van der Waals surface area contributed by atoms with Crippen molar-refractivity contribution in [3.8, 4) is 9.75 Å². The van der Waals surface area contributed by atoms with Gasteiger partial charge in [-0.1, -0.05) is 0 Å². The van der Waals surface area contributed by atoms with Crippen LogP contribution in [0.3, 0.4) is 0 Å². The number of rotatable bonds is 2. The van der Waals surface area contributed by atoms with E-state index in [1.807, 2.05) is 11.4 Å². The van der Waals surface area contributed by atoms with Crippen LogP contribution < -0.4 is 0 Å². The summed E-state index contributed by atoms with van der Waals surface area (Å²) < 4.78 is 1.03. The molecule has 72 valence electrons. The highest BCUT2D eigenvalue weighted by atomic mass is 79.9. The van der Waals surface area contributed by atoms with Crippen LogP contribution in [0.1, 0.15) is 10.4 Å². The lowest BCUT2D eigenvalue weighted by atomic mass is 10.3. The van der Waals surface area contributed by atoms with E-state index in [0.717, 1.165) is 14.2 Å². The molecule has 1 N–H and O–H groups in total. The van der Waals surface area contributed by atoms with Gasteiger partial charge >= 0.3 is 5.97 Å². The monoisotopic (exact) mass is 288 g/mol. The largest absolute Gasteiger partial charge is 0.478 e. The van der Waals surface area contributed by atoms with Crippen molar-refractivity contribution in [1.29, 1.82) is 0 Å². The standard InChI is InChI=1S/C9H5BrO2S2/c10-6-2-8(14-4-6)7-1-5(3-13-7)9(11)12/h1-4H,(H,11,12). The van der Waals surface area contributed by atoms with Gasteiger partial charge in [-0.3, -0.25) is 0 Å². The Labute approximate surface area is 97.0 Å². The third kappa shape index (κ3) is 1.89. The van der Waals surface area contributed by atoms with E-state index < -0.39 is 5.97 Å². The van der Waals surface area contributed by atoms with Crippen LogP contribution in [0.5, 0.6) is 0 Å². The fourth-order valence-corrected chi connectivity index (χ4v) is 3.44. The third-order valence-corrected chi connectivity index (χ3v) is 4.47. The Balaban J connectivity index is 2.38. The van der Waals surface area contributed by atoms with Crippen molar-refractivity contribution >= 4 is 44.6 Å². The van der Waals surface area contributed by atoms with Crippen molar-refractivity contribution in [2.45, 2.75) is 0 Å². The van der Waals surface area contributed by atoms with Crippen molar-refractivity contribution in [2.24, 2.45) is 0 Å². The molecule has 0 radical (unpaired) electrons. The molecule has 0 aliphatic carbocycles. The average molecular weight is 289 g/mol. The topological polar surface area (TPSA) is 37.3 Å². The fraction of sp³-hybridized carbons (Fsp3) is 0. The SMILES string of the molecule is O=C(O)c1csc(-c2cc(Br)cs2)c1. The van der Waals surface area contributed by atoms with Crippen LogP contribution in [-0.4, -0.2) is 11.1 Å². The number of carboxylic acid groups (broad SMARTS) is 1. The van der Waals surface area contributed by atoms with Gasteiger partial charge in [-0.15, -0.1) is 22.7 Å². The Morgan fingerprint density at radius 3 is 2.36 bits per heavy atom. The number of halogens is 1. The minimum Gasteiger partial charge on any atom is -0.478 e. The fourth-order valence-electron chi connectivity index (χ4n) is 1.02. The van der Waals surface area contributed by atoms with Gasteiger partial charge in [0.2, 0.25) is 0 Å². The van der Waals surface area contributed by atoms with Crippen molar-refractivity contribution in [2.75, 3.05) is 0 Å². The predicted molar refractivity (Wildman–Crippen MR) is 62.3 cm³/mol. The molecule has 0 spiro atoms. The molecule has 5 heteroatoms. The first kappa shape index (κ1) is 9.89. The average Bonchev–Trinajstić information content (AvgIpc) is 2.70. The van der Waals surface area contributed by atoms with Gasteiger partial charge in [-0.25, -0.2) is 4.79 Å². The van der Waals surface area contributed by atoms with E-state index in [-0.39, 0.29) is 0 Å². The van der Waals surface area contributed by atoms with E-state index in [9.17, 15) is 4.79 Å². The molecule has 0 saturated heterocycles. The molecule has 2 aromatic rings. The van der Waals surface area contributed by atoms with Gasteiger partial charge in [0.15, 0.2) is 0 Å². The maximum Gasteiger partial charge on any atom is 0.336 e. The molecule has 2 rings (SSSR count). The van der Waals surface area contributed by atoms with E-state index in [1.165, 1.54) is 11.3 Å². The number of hydrogen-bond donors (Lipinski definition) is 1. The van der Waals surface area contributed by atoms with Gasteiger partial charge in [-0.2, -0.15) is 0 Å². The molecular formula is C9H5BrO2S2. The van der Waals surface area contributed by atoms with Crippen LogP contribution in [0.4, 0.5) is 0 Å². The lowest BCUT2D eigenvalue weighted by Gasteiger charge is -1.87. The molecule has 2 aromatic heterocycles. The molecule has 0 saturated carbocycles. The second-order valence-electron chi connectivity index (χ2n) is 2.63. The zero-order valence-electron chi connectivity index (χ0n) is 6.86. The van der Waals surface area contributed by atoms with Gasteiger partial charge in [0.05, 0.1) is 5.56 Å². The lowest BCUT2D eigenvalue weighted by Crippen LogP contribution is -1.91. The second-order valence-corrected chi connectivity index (χ2v) is 5.37. The van der Waals surface area contributed by atoms with Crippen LogP contribution in [0.25, 0.3) is 9.75 Å². The van der Waals surface area contributed by atoms with Crippen molar-refractivity contribution < 1.29 is 9.90 Å². The number of hydrogen-bond acceptors (Lipinski definition) is 3. The van der Waals surface area contributed by atoms with Gasteiger partial charge in [0, 0.05) is 25.0 Å². The summed E-state index contributed by atoms with van der Waals surface area (Å²) in [5, 5.41) is 12.4. The second kappa shape index (κ2) is 3.84. The maximum atomic E-state index is 10.7. The number of carboxylic acids is 1. The lowest BCUT2D eigenvalue weighted by molar-refractivity contribution is 0.0697. The quantitative estimate of drug-likeness (QED) is 0.909. The van der Waals surface area contributed by atoms with E-state index in [2.05, 4.69) is 15.9 Å². The highest BCUT2D eigenvalue weighted by Crippen LogP contribution is 2.34. The Morgan fingerprint density at radius 2 is 1.86 bits per heavy atom. The van der Waals surface area contributed by atoms with E-state index >= 15 is 0 Å². The number of thiophene rings is 2. The van der Waals surface area contributed by atoms with Crippen LogP contribution in [0.15, 0.2) is 27.4 Å². The van der Waals surface area contributed by atoms with Crippen molar-refractivity contribution in [3.63, 3.8) is 0 Å². The Hall–Kier alpha value is -0.650. The molecule has 0 aliphatic heterocycles. The molecule has 0 atom stereocenters. The van der Waals surface area contributed by atoms with Crippen LogP contribution >= 0.6 is 38.6 Å². The zero-order valence-corrected chi connectivity index (χ0v) is 10.1. The van der Waals surface area contributed by atoms with Crippen LogP contribution in [0.2, 0.25) is 0 Å². The minimum atomic E-state index is -0.872. The molecule has 2 heterocycles. The first-order chi connectivity index (χ1) is 6.66. The highest BCUT2D eigenvalue weighted by molar-refractivity contribution is 9.10. The highest BCUT2D eigenvalue weighted by Gasteiger charge is 2.09. The molecule has 0 fully saturated rings. The zero-order chi connectivity index (χ0) is 10.1. The number of aromatic carboxylic acids is 1. The van der Waals surface area contributed by atoms with Crippen molar-refractivity contribution in [3.05, 3.63) is 32.9 Å². The smallest absolute Gasteiger partial charge is 0.336 e. The molecule has 0 bridgehead atoms. The predicted octanol–water partition coefficient (Wildman–Crippen LogP) is 3.94. The normalized spacial score (nSPS) is 10.4. The third-order valence-electron chi connectivity index (χ3n) is 1.66. The summed E-state index contributed by atoms with van der Waals surface area (Å²) in [7, 11) is 0. The van der Waals surface area contributed by atoms with Gasteiger partial charge in [0.1, 0.15) is 0 Å². The summed E-state index contributed by atoms with van der Waals surface area (Å²) in [4.78, 5) is 12.7. The number of carbonyl (C=O) groups is 1. The van der Waals surface area contributed by atoms with E-state index in [0.29, 0.717) is 5.56 Å². The van der Waals surface area contributed by atoms with Gasteiger partial charge < -0.3 is 5.11 Å². The minimum absolute atomic E-state index is 0.356. The van der Waals surface area contributed by atoms with E-state index in [1.54, 1.807) is 22.8 Å². The van der Waals surface area contributed by atoms with Gasteiger partial charge in [-0.05, 0) is 28.1 Å². The van der Waals surface area contributed by atoms with Crippen LogP contribution in [0, 0.1) is 0 Å². The maximum absolute atomic E-state index is 10.7. The first-order valence-electron chi connectivity index (χ1n) is 3.73. The molecule has 14 heavy (non-hydrogen) atoms. The summed E-state index contributed by atoms with van der Waals surface area (Å²) in [6.07, 6.45) is 0. The van der Waals surface area contributed by atoms with E-state index in [4.69, 9.17) is 5.11 Å². The molecule has 0 amide bonds. The molecule has 0 aliphatic rings. The van der Waals surface area contributed by atoms with Crippen molar-refractivity contribution in [1.82, 2.24) is 0 Å². The Morgan fingerprint density at radius 1 is 1.21 bits per heavy atom. The molecular weight excluding hydrogens is 284 g/mol. The van der Waals surface area contributed by atoms with Gasteiger partial charge in [0.25, 0.3) is 0 Å². The Bertz CT molecular complexity index is 473. The molecule has 0 unspecified atom stereocenters. The first-order valence-corrected chi connectivity index (χ1v) is 6.28. The van der Waals surface area contributed by atoms with Crippen LogP contribution in [-0.2, 0) is 0 Å². The molecule has 0 aromatic carbocycles. The summed E-state index contributed by atoms with van der Waals surface area (Å²) >= 11 is 6.42.